The lowest BCUT2D eigenvalue weighted by Gasteiger charge is -2.37. The maximum absolute atomic E-state index is 11.6. The van der Waals surface area contributed by atoms with E-state index in [1.54, 1.807) is 0 Å². The summed E-state index contributed by atoms with van der Waals surface area (Å²) in [6.07, 6.45) is -2.55. The van der Waals surface area contributed by atoms with Gasteiger partial charge in [0.2, 0.25) is 6.43 Å². The van der Waals surface area contributed by atoms with Gasteiger partial charge >= 0.3 is 0 Å². The fourth-order valence-corrected chi connectivity index (χ4v) is 0.789. The number of rotatable bonds is 2. The molecule has 0 spiro atoms. The van der Waals surface area contributed by atoms with Crippen LogP contribution in [0, 0.1) is 0 Å². The molecule has 0 aromatic rings. The number of hydrogen-bond donors (Lipinski definition) is 1. The molecule has 9 heavy (non-hydrogen) atoms. The van der Waals surface area contributed by atoms with Crippen molar-refractivity contribution in [3.8, 4) is 0 Å². The van der Waals surface area contributed by atoms with E-state index < -0.39 is 12.0 Å². The lowest BCUT2D eigenvalue weighted by molar-refractivity contribution is -0.0784. The van der Waals surface area contributed by atoms with E-state index in [0.717, 1.165) is 0 Å². The van der Waals surface area contributed by atoms with Crippen LogP contribution < -0.4 is 5.73 Å². The molecule has 1 aliphatic rings. The smallest absolute Gasteiger partial charge is 0.240 e. The Balaban J connectivity index is 2.24. The summed E-state index contributed by atoms with van der Waals surface area (Å²) in [6.45, 7) is 0.550. The molecule has 0 radical (unpaired) electrons. The largest absolute Gasteiger partial charge is 0.377 e. The molecule has 0 amide bonds. The number of hydrogen-bond acceptors (Lipinski definition) is 2. The van der Waals surface area contributed by atoms with E-state index in [2.05, 4.69) is 4.74 Å². The van der Waals surface area contributed by atoms with E-state index in [9.17, 15) is 8.78 Å². The topological polar surface area (TPSA) is 35.2 Å². The molecule has 0 unspecified atom stereocenters. The van der Waals surface area contributed by atoms with Crippen molar-refractivity contribution < 1.29 is 13.5 Å². The van der Waals surface area contributed by atoms with E-state index in [0.29, 0.717) is 0 Å². The van der Waals surface area contributed by atoms with Crippen LogP contribution in [0.15, 0.2) is 0 Å². The van der Waals surface area contributed by atoms with Crippen molar-refractivity contribution in [2.45, 2.75) is 18.4 Å². The van der Waals surface area contributed by atoms with Crippen LogP contribution in [0.5, 0.6) is 0 Å². The van der Waals surface area contributed by atoms with Gasteiger partial charge in [-0.2, -0.15) is 0 Å². The molecule has 1 aliphatic heterocycles. The van der Waals surface area contributed by atoms with E-state index in [1.165, 1.54) is 0 Å². The molecule has 0 aromatic heterocycles. The summed E-state index contributed by atoms with van der Waals surface area (Å²) >= 11 is 0. The third-order valence-electron chi connectivity index (χ3n) is 1.34. The van der Waals surface area contributed by atoms with Gasteiger partial charge in [0, 0.05) is 6.42 Å². The minimum absolute atomic E-state index is 0.243. The van der Waals surface area contributed by atoms with Gasteiger partial charge in [-0.05, 0) is 0 Å². The molecule has 0 bridgehead atoms. The van der Waals surface area contributed by atoms with Crippen molar-refractivity contribution in [1.82, 2.24) is 0 Å². The van der Waals surface area contributed by atoms with E-state index in [4.69, 9.17) is 5.73 Å². The molecule has 0 saturated carbocycles. The second-order valence-corrected chi connectivity index (χ2v) is 2.45. The molecule has 2 N–H and O–H groups in total. The SMILES string of the molecule is NC1(CC(F)F)COC1. The van der Waals surface area contributed by atoms with Gasteiger partial charge in [0.25, 0.3) is 0 Å². The van der Waals surface area contributed by atoms with Crippen LogP contribution in [0.25, 0.3) is 0 Å². The van der Waals surface area contributed by atoms with E-state index >= 15 is 0 Å². The third-order valence-corrected chi connectivity index (χ3v) is 1.34. The molecular weight excluding hydrogens is 128 g/mol. The highest BCUT2D eigenvalue weighted by atomic mass is 19.3. The zero-order valence-electron chi connectivity index (χ0n) is 4.94. The van der Waals surface area contributed by atoms with Gasteiger partial charge in [0.05, 0.1) is 18.8 Å². The minimum atomic E-state index is -2.31. The standard InChI is InChI=1S/C5H9F2NO/c6-4(7)1-5(8)2-9-3-5/h4H,1-3,8H2. The first kappa shape index (κ1) is 6.89. The van der Waals surface area contributed by atoms with Crippen molar-refractivity contribution in [2.75, 3.05) is 13.2 Å². The Labute approximate surface area is 52.0 Å². The zero-order chi connectivity index (χ0) is 6.91. The fraction of sp³-hybridized carbons (Fsp3) is 1.00. The fourth-order valence-electron chi connectivity index (χ4n) is 0.789. The van der Waals surface area contributed by atoms with Crippen LogP contribution in [0.3, 0.4) is 0 Å². The molecule has 0 aromatic carbocycles. The Morgan fingerprint density at radius 3 is 2.22 bits per heavy atom. The van der Waals surface area contributed by atoms with Gasteiger partial charge in [0.1, 0.15) is 0 Å². The van der Waals surface area contributed by atoms with Crippen molar-refractivity contribution in [3.05, 3.63) is 0 Å². The Hall–Kier alpha value is -0.220. The zero-order valence-corrected chi connectivity index (χ0v) is 4.94. The van der Waals surface area contributed by atoms with Crippen LogP contribution in [0.2, 0.25) is 0 Å². The lowest BCUT2D eigenvalue weighted by Crippen LogP contribution is -2.58. The van der Waals surface area contributed by atoms with Crippen molar-refractivity contribution >= 4 is 0 Å². The molecule has 2 nitrogen and oxygen atoms in total. The summed E-state index contributed by atoms with van der Waals surface area (Å²) in [4.78, 5) is 0. The molecular formula is C5H9F2NO. The second kappa shape index (κ2) is 2.19. The highest BCUT2D eigenvalue weighted by Gasteiger charge is 2.36. The minimum Gasteiger partial charge on any atom is -0.377 e. The second-order valence-electron chi connectivity index (χ2n) is 2.45. The van der Waals surface area contributed by atoms with E-state index in [1.807, 2.05) is 0 Å². The van der Waals surface area contributed by atoms with Crippen LogP contribution >= 0.6 is 0 Å². The normalized spacial score (nSPS) is 24.0. The molecule has 0 aliphatic carbocycles. The number of halogens is 2. The molecule has 0 atom stereocenters. The Bertz CT molecular complexity index is 103. The average Bonchev–Trinajstić information content (AvgIpc) is 1.60. The Morgan fingerprint density at radius 2 is 2.11 bits per heavy atom. The first-order valence-corrected chi connectivity index (χ1v) is 2.77. The molecule has 1 fully saturated rings. The number of alkyl halides is 2. The van der Waals surface area contributed by atoms with Crippen molar-refractivity contribution in [1.29, 1.82) is 0 Å². The van der Waals surface area contributed by atoms with E-state index in [-0.39, 0.29) is 19.6 Å². The predicted octanol–water partition coefficient (Wildman–Crippen LogP) is 0.369. The Kier molecular flexibility index (Phi) is 1.68. The first-order valence-electron chi connectivity index (χ1n) is 2.77. The van der Waals surface area contributed by atoms with Gasteiger partial charge in [-0.15, -0.1) is 0 Å². The third kappa shape index (κ3) is 1.59. The molecule has 1 heterocycles. The van der Waals surface area contributed by atoms with Gasteiger partial charge in [-0.3, -0.25) is 0 Å². The van der Waals surface area contributed by atoms with Crippen molar-refractivity contribution in [3.63, 3.8) is 0 Å². The van der Waals surface area contributed by atoms with Gasteiger partial charge in [0.15, 0.2) is 0 Å². The average molecular weight is 137 g/mol. The predicted molar refractivity (Wildman–Crippen MR) is 28.4 cm³/mol. The molecule has 54 valence electrons. The van der Waals surface area contributed by atoms with Crippen LogP contribution in [-0.2, 0) is 4.74 Å². The number of ether oxygens (including phenoxy) is 1. The maximum atomic E-state index is 11.6. The van der Waals surface area contributed by atoms with Gasteiger partial charge in [-0.25, -0.2) is 8.78 Å². The highest BCUT2D eigenvalue weighted by molar-refractivity contribution is 4.90. The summed E-state index contributed by atoms with van der Waals surface area (Å²) in [5.41, 5.74) is 4.67. The maximum Gasteiger partial charge on any atom is 0.240 e. The quantitative estimate of drug-likeness (QED) is 0.596. The molecule has 4 heteroatoms. The van der Waals surface area contributed by atoms with Gasteiger partial charge < -0.3 is 10.5 Å². The van der Waals surface area contributed by atoms with Crippen LogP contribution in [0.1, 0.15) is 6.42 Å². The van der Waals surface area contributed by atoms with Crippen LogP contribution in [0.4, 0.5) is 8.78 Å². The summed E-state index contributed by atoms with van der Waals surface area (Å²) in [5.74, 6) is 0. The van der Waals surface area contributed by atoms with Crippen LogP contribution in [-0.4, -0.2) is 25.2 Å². The summed E-state index contributed by atoms with van der Waals surface area (Å²) < 4.78 is 27.9. The molecule has 1 rings (SSSR count). The summed E-state index contributed by atoms with van der Waals surface area (Å²) in [7, 11) is 0. The lowest BCUT2D eigenvalue weighted by atomic mass is 9.95. The summed E-state index contributed by atoms with van der Waals surface area (Å²) in [6, 6.07) is 0. The van der Waals surface area contributed by atoms with Crippen molar-refractivity contribution in [2.24, 2.45) is 5.73 Å². The monoisotopic (exact) mass is 137 g/mol. The first-order chi connectivity index (χ1) is 4.12. The Morgan fingerprint density at radius 1 is 1.56 bits per heavy atom. The molecule has 1 saturated heterocycles. The van der Waals surface area contributed by atoms with Gasteiger partial charge in [-0.1, -0.05) is 0 Å². The number of nitrogens with two attached hydrogens (primary N) is 1. The summed E-state index contributed by atoms with van der Waals surface area (Å²) in [5, 5.41) is 0. The highest BCUT2D eigenvalue weighted by Crippen LogP contribution is 2.21.